The number of allylic oxidation sites excluding steroid dienone is 3. The highest BCUT2D eigenvalue weighted by Crippen LogP contribution is 2.31. The Morgan fingerprint density at radius 1 is 1.26 bits per heavy atom. The number of rotatable bonds is 8. The van der Waals surface area contributed by atoms with E-state index in [4.69, 9.17) is 11.5 Å². The van der Waals surface area contributed by atoms with E-state index in [2.05, 4.69) is 15.6 Å². The molecular formula is C21H27N5O5. The highest BCUT2D eigenvalue weighted by molar-refractivity contribution is 5.87. The van der Waals surface area contributed by atoms with E-state index >= 15 is 0 Å². The number of nitrogens with two attached hydrogens (primary N) is 2. The quantitative estimate of drug-likeness (QED) is 0.257. The Morgan fingerprint density at radius 2 is 1.97 bits per heavy atom. The van der Waals surface area contributed by atoms with Crippen LogP contribution in [0.25, 0.3) is 0 Å². The fourth-order valence-electron chi connectivity index (χ4n) is 3.31. The number of aromatic hydroxyl groups is 1. The summed E-state index contributed by atoms with van der Waals surface area (Å²) in [5, 5.41) is 24.7. The van der Waals surface area contributed by atoms with Crippen molar-refractivity contribution in [2.45, 2.75) is 32.7 Å². The van der Waals surface area contributed by atoms with Gasteiger partial charge in [-0.1, -0.05) is 29.8 Å². The van der Waals surface area contributed by atoms with Crippen LogP contribution >= 0.6 is 0 Å². The largest absolute Gasteiger partial charge is 0.507 e. The van der Waals surface area contributed by atoms with E-state index in [0.29, 0.717) is 16.8 Å². The standard InChI is InChI=1S/C21H27N5O5/c1-11-6-12(2)19(30)15(7-11)16(9-18(28)29)26-17(27)10-24-20(31)13-4-3-5-14(8-13)25-21(22)23/h3-7,13,16,30H,8-10H2,1-2H3,(H,24,31)(H,26,27)(H,28,29)(H4,22,23,25). The molecule has 8 N–H and O–H groups in total. The number of carbonyl (C=O) groups excluding carboxylic acids is 2. The minimum absolute atomic E-state index is 0.0763. The number of guanidine groups is 1. The molecule has 2 atom stereocenters. The van der Waals surface area contributed by atoms with E-state index in [1.54, 1.807) is 44.2 Å². The topological polar surface area (TPSA) is 180 Å². The molecule has 2 unspecified atom stereocenters. The first kappa shape index (κ1) is 23.5. The molecule has 0 radical (unpaired) electrons. The van der Waals surface area contributed by atoms with E-state index in [1.165, 1.54) is 0 Å². The number of phenols is 1. The van der Waals surface area contributed by atoms with Gasteiger partial charge in [-0.15, -0.1) is 0 Å². The van der Waals surface area contributed by atoms with Crippen LogP contribution in [0.3, 0.4) is 0 Å². The van der Waals surface area contributed by atoms with Crippen molar-refractivity contribution in [2.75, 3.05) is 6.54 Å². The van der Waals surface area contributed by atoms with E-state index in [-0.39, 0.29) is 24.7 Å². The van der Waals surface area contributed by atoms with Gasteiger partial charge in [0.15, 0.2) is 5.96 Å². The van der Waals surface area contributed by atoms with Crippen molar-refractivity contribution in [1.29, 1.82) is 0 Å². The Hall–Kier alpha value is -3.82. The Morgan fingerprint density at radius 3 is 2.61 bits per heavy atom. The van der Waals surface area contributed by atoms with Gasteiger partial charge in [-0.25, -0.2) is 4.99 Å². The average molecular weight is 429 g/mol. The lowest BCUT2D eigenvalue weighted by atomic mass is 9.97. The number of nitrogens with zero attached hydrogens (tertiary/aromatic N) is 1. The third-order valence-electron chi connectivity index (χ3n) is 4.66. The maximum absolute atomic E-state index is 12.4. The van der Waals surface area contributed by atoms with Crippen LogP contribution in [0.2, 0.25) is 0 Å². The van der Waals surface area contributed by atoms with Crippen LogP contribution < -0.4 is 22.1 Å². The average Bonchev–Trinajstić information content (AvgIpc) is 2.67. The lowest BCUT2D eigenvalue weighted by molar-refractivity contribution is -0.138. The minimum atomic E-state index is -1.14. The van der Waals surface area contributed by atoms with Gasteiger partial charge in [0.2, 0.25) is 11.8 Å². The number of phenolic OH excluding ortho intramolecular Hbond substituents is 1. The first-order valence-corrected chi connectivity index (χ1v) is 9.62. The number of nitrogens with one attached hydrogen (secondary N) is 2. The highest BCUT2D eigenvalue weighted by atomic mass is 16.4. The third kappa shape index (κ3) is 6.88. The van der Waals surface area contributed by atoms with E-state index < -0.39 is 36.2 Å². The zero-order chi connectivity index (χ0) is 23.1. The molecule has 166 valence electrons. The number of amides is 2. The number of aliphatic imine (C=N–C) groups is 1. The van der Waals surface area contributed by atoms with Crippen molar-refractivity contribution in [3.05, 3.63) is 52.7 Å². The number of aliphatic carboxylic acids is 1. The van der Waals surface area contributed by atoms with Crippen LogP contribution in [0.4, 0.5) is 0 Å². The summed E-state index contributed by atoms with van der Waals surface area (Å²) in [4.78, 5) is 40.0. The molecular weight excluding hydrogens is 402 g/mol. The van der Waals surface area contributed by atoms with Crippen LogP contribution in [0.1, 0.15) is 35.6 Å². The molecule has 0 fully saturated rings. The molecule has 0 saturated heterocycles. The van der Waals surface area contributed by atoms with Crippen molar-refractivity contribution >= 4 is 23.7 Å². The van der Waals surface area contributed by atoms with Crippen LogP contribution in [0.5, 0.6) is 5.75 Å². The Balaban J connectivity index is 2.02. The molecule has 0 heterocycles. The van der Waals surface area contributed by atoms with Gasteiger partial charge in [0.25, 0.3) is 0 Å². The summed E-state index contributed by atoms with van der Waals surface area (Å²) in [6.45, 7) is 3.14. The zero-order valence-electron chi connectivity index (χ0n) is 17.4. The molecule has 0 bridgehead atoms. The number of carbonyl (C=O) groups is 3. The summed E-state index contributed by atoms with van der Waals surface area (Å²) < 4.78 is 0. The predicted molar refractivity (Wildman–Crippen MR) is 115 cm³/mol. The second-order valence-corrected chi connectivity index (χ2v) is 7.35. The molecule has 2 amide bonds. The summed E-state index contributed by atoms with van der Waals surface area (Å²) in [7, 11) is 0. The van der Waals surface area contributed by atoms with Crippen molar-refractivity contribution in [3.8, 4) is 5.75 Å². The number of carboxylic acids is 1. The van der Waals surface area contributed by atoms with E-state index in [9.17, 15) is 24.6 Å². The first-order chi connectivity index (χ1) is 14.6. The van der Waals surface area contributed by atoms with Crippen LogP contribution in [0, 0.1) is 19.8 Å². The lowest BCUT2D eigenvalue weighted by Gasteiger charge is -2.21. The molecule has 2 rings (SSSR count). The first-order valence-electron chi connectivity index (χ1n) is 9.62. The Labute approximate surface area is 179 Å². The van der Waals surface area contributed by atoms with Gasteiger partial charge in [-0.3, -0.25) is 14.4 Å². The molecule has 31 heavy (non-hydrogen) atoms. The molecule has 10 nitrogen and oxygen atoms in total. The summed E-state index contributed by atoms with van der Waals surface area (Å²) in [6, 6.07) is 2.42. The summed E-state index contributed by atoms with van der Waals surface area (Å²) in [6.07, 6.45) is 4.86. The Bertz CT molecular complexity index is 963. The molecule has 0 saturated carbocycles. The van der Waals surface area contributed by atoms with Gasteiger partial charge >= 0.3 is 5.97 Å². The lowest BCUT2D eigenvalue weighted by Crippen LogP contribution is -2.41. The summed E-state index contributed by atoms with van der Waals surface area (Å²) in [5.41, 5.74) is 12.9. The number of carboxylic acid groups (broad SMARTS) is 1. The second kappa shape index (κ2) is 10.3. The molecule has 0 spiro atoms. The molecule has 0 aliphatic heterocycles. The van der Waals surface area contributed by atoms with Gasteiger partial charge in [0.05, 0.1) is 24.9 Å². The van der Waals surface area contributed by atoms with Crippen LogP contribution in [0.15, 0.2) is 41.1 Å². The molecule has 1 aromatic carbocycles. The van der Waals surface area contributed by atoms with Crippen LogP contribution in [-0.2, 0) is 14.4 Å². The van der Waals surface area contributed by atoms with Gasteiger partial charge < -0.3 is 32.3 Å². The maximum atomic E-state index is 12.4. The fourth-order valence-corrected chi connectivity index (χ4v) is 3.31. The molecule has 1 aromatic rings. The van der Waals surface area contributed by atoms with Crippen molar-refractivity contribution in [1.82, 2.24) is 10.6 Å². The fraction of sp³-hybridized carbons (Fsp3) is 0.333. The molecule has 10 heteroatoms. The normalized spacial score (nSPS) is 16.1. The maximum Gasteiger partial charge on any atom is 0.305 e. The Kier molecular flexibility index (Phi) is 7.78. The van der Waals surface area contributed by atoms with Gasteiger partial charge in [-0.05, 0) is 25.5 Å². The monoisotopic (exact) mass is 429 g/mol. The number of benzene rings is 1. The molecule has 1 aliphatic carbocycles. The second-order valence-electron chi connectivity index (χ2n) is 7.35. The number of hydrogen-bond donors (Lipinski definition) is 6. The van der Waals surface area contributed by atoms with Crippen molar-refractivity contribution in [3.63, 3.8) is 0 Å². The summed E-state index contributed by atoms with van der Waals surface area (Å²) in [5.74, 6) is -2.86. The van der Waals surface area contributed by atoms with E-state index in [0.717, 1.165) is 5.56 Å². The number of hydrogen-bond acceptors (Lipinski definition) is 5. The van der Waals surface area contributed by atoms with Crippen LogP contribution in [-0.4, -0.2) is 40.5 Å². The molecule has 0 aromatic heterocycles. The minimum Gasteiger partial charge on any atom is -0.507 e. The third-order valence-corrected chi connectivity index (χ3v) is 4.66. The van der Waals surface area contributed by atoms with Gasteiger partial charge in [0.1, 0.15) is 5.75 Å². The molecule has 1 aliphatic rings. The van der Waals surface area contributed by atoms with Gasteiger partial charge in [0, 0.05) is 17.7 Å². The zero-order valence-corrected chi connectivity index (χ0v) is 17.4. The predicted octanol–water partition coefficient (Wildman–Crippen LogP) is 0.491. The van der Waals surface area contributed by atoms with Crippen molar-refractivity contribution in [2.24, 2.45) is 22.4 Å². The smallest absolute Gasteiger partial charge is 0.305 e. The number of aryl methyl sites for hydroxylation is 2. The van der Waals surface area contributed by atoms with Gasteiger partial charge in [-0.2, -0.15) is 0 Å². The van der Waals surface area contributed by atoms with E-state index in [1.807, 2.05) is 0 Å². The van der Waals surface area contributed by atoms with Crippen molar-refractivity contribution < 1.29 is 24.6 Å². The highest BCUT2D eigenvalue weighted by Gasteiger charge is 2.24. The summed E-state index contributed by atoms with van der Waals surface area (Å²) >= 11 is 0. The SMILES string of the molecule is Cc1cc(C)c(O)c(C(CC(=O)O)NC(=O)CNC(=O)C2C=CC=C(N=C(N)N)C2)c1.